The molecule has 0 fully saturated rings. The summed E-state index contributed by atoms with van der Waals surface area (Å²) in [7, 11) is -1.96. The summed E-state index contributed by atoms with van der Waals surface area (Å²) in [5.74, 6) is 0.657. The monoisotopic (exact) mass is 345 g/mol. The molecule has 0 aliphatic carbocycles. The molecule has 1 aromatic heterocycles. The molecule has 0 atom stereocenters. The van der Waals surface area contributed by atoms with Gasteiger partial charge in [0, 0.05) is 18.5 Å². The summed E-state index contributed by atoms with van der Waals surface area (Å²) in [5.41, 5.74) is 0. The van der Waals surface area contributed by atoms with E-state index in [0.29, 0.717) is 23.2 Å². The predicted octanol–water partition coefficient (Wildman–Crippen LogP) is 3.62. The number of benzene rings is 1. The number of rotatable bonds is 6. The molecular weight excluding hydrogens is 330 g/mol. The number of thiophene rings is 1. The Kier molecular flexibility index (Phi) is 5.27. The average molecular weight is 346 g/mol. The van der Waals surface area contributed by atoms with Gasteiger partial charge in [-0.05, 0) is 43.3 Å². The molecule has 0 bridgehead atoms. The van der Waals surface area contributed by atoms with Crippen LogP contribution in [-0.4, -0.2) is 26.4 Å². The van der Waals surface area contributed by atoms with Crippen LogP contribution in [0.25, 0.3) is 0 Å². The second-order valence-electron chi connectivity index (χ2n) is 4.37. The zero-order valence-electron chi connectivity index (χ0n) is 11.7. The first-order valence-electron chi connectivity index (χ1n) is 6.37. The van der Waals surface area contributed by atoms with Crippen LogP contribution in [0.4, 0.5) is 0 Å². The highest BCUT2D eigenvalue weighted by Gasteiger charge is 2.21. The van der Waals surface area contributed by atoms with E-state index in [1.165, 1.54) is 15.6 Å². The van der Waals surface area contributed by atoms with Crippen LogP contribution in [0.15, 0.2) is 41.3 Å². The van der Waals surface area contributed by atoms with Crippen LogP contribution in [0.5, 0.6) is 5.75 Å². The van der Waals surface area contributed by atoms with Gasteiger partial charge in [0.1, 0.15) is 5.75 Å². The van der Waals surface area contributed by atoms with Crippen molar-refractivity contribution in [2.24, 2.45) is 0 Å². The van der Waals surface area contributed by atoms with Crippen molar-refractivity contribution in [1.29, 1.82) is 0 Å². The van der Waals surface area contributed by atoms with Crippen LogP contribution in [0, 0.1) is 0 Å². The highest BCUT2D eigenvalue weighted by atomic mass is 35.5. The van der Waals surface area contributed by atoms with E-state index in [1.54, 1.807) is 37.4 Å². The zero-order chi connectivity index (χ0) is 15.5. The van der Waals surface area contributed by atoms with Crippen LogP contribution in [0.1, 0.15) is 11.8 Å². The van der Waals surface area contributed by atoms with Gasteiger partial charge in [-0.15, -0.1) is 11.3 Å². The Labute approximate surface area is 134 Å². The Hall–Kier alpha value is -1.08. The van der Waals surface area contributed by atoms with Crippen LogP contribution < -0.4 is 4.74 Å². The van der Waals surface area contributed by atoms with E-state index in [4.69, 9.17) is 16.3 Å². The van der Waals surface area contributed by atoms with Crippen molar-refractivity contribution in [3.63, 3.8) is 0 Å². The van der Waals surface area contributed by atoms with Gasteiger partial charge < -0.3 is 4.74 Å². The van der Waals surface area contributed by atoms with Crippen molar-refractivity contribution in [2.75, 3.05) is 13.7 Å². The molecule has 0 radical (unpaired) electrons. The molecule has 0 spiro atoms. The standard InChI is InChI=1S/C14H16ClNO3S2/c1-3-19-11-4-7-13(8-5-11)21(17,18)16(2)10-12-6-9-14(15)20-12/h4-9H,3,10H2,1-2H3. The van der Waals surface area contributed by atoms with Crippen molar-refractivity contribution < 1.29 is 13.2 Å². The Morgan fingerprint density at radius 3 is 2.38 bits per heavy atom. The Balaban J connectivity index is 2.16. The molecule has 0 saturated carbocycles. The number of nitrogens with zero attached hydrogens (tertiary/aromatic N) is 1. The molecule has 2 aromatic rings. The van der Waals surface area contributed by atoms with E-state index in [9.17, 15) is 8.42 Å². The Morgan fingerprint density at radius 2 is 1.86 bits per heavy atom. The fraction of sp³-hybridized carbons (Fsp3) is 0.286. The number of halogens is 1. The topological polar surface area (TPSA) is 46.6 Å². The van der Waals surface area contributed by atoms with E-state index >= 15 is 0 Å². The fourth-order valence-electron chi connectivity index (χ4n) is 1.80. The largest absolute Gasteiger partial charge is 0.494 e. The summed E-state index contributed by atoms with van der Waals surface area (Å²) in [6.45, 7) is 2.72. The maximum absolute atomic E-state index is 12.5. The van der Waals surface area contributed by atoms with Crippen LogP contribution in [0.3, 0.4) is 0 Å². The van der Waals surface area contributed by atoms with Crippen LogP contribution >= 0.6 is 22.9 Å². The summed E-state index contributed by atoms with van der Waals surface area (Å²) in [5, 5.41) is 0. The minimum absolute atomic E-state index is 0.246. The van der Waals surface area contributed by atoms with Gasteiger partial charge in [0.15, 0.2) is 0 Å². The van der Waals surface area contributed by atoms with Gasteiger partial charge >= 0.3 is 0 Å². The molecule has 114 valence electrons. The molecule has 0 N–H and O–H groups in total. The predicted molar refractivity (Wildman–Crippen MR) is 85.6 cm³/mol. The molecule has 0 amide bonds. The number of hydrogen-bond donors (Lipinski definition) is 0. The van der Waals surface area contributed by atoms with Crippen LogP contribution in [0.2, 0.25) is 4.34 Å². The van der Waals surface area contributed by atoms with Gasteiger partial charge in [0.25, 0.3) is 0 Å². The molecule has 1 heterocycles. The van der Waals surface area contributed by atoms with Crippen molar-refractivity contribution in [3.8, 4) is 5.75 Å². The van der Waals surface area contributed by atoms with E-state index in [2.05, 4.69) is 0 Å². The SMILES string of the molecule is CCOc1ccc(S(=O)(=O)N(C)Cc2ccc(Cl)s2)cc1. The number of sulfonamides is 1. The zero-order valence-corrected chi connectivity index (χ0v) is 14.1. The van der Waals surface area contributed by atoms with Crippen molar-refractivity contribution in [2.45, 2.75) is 18.4 Å². The molecule has 0 aliphatic heterocycles. The van der Waals surface area contributed by atoms with Gasteiger partial charge in [-0.25, -0.2) is 8.42 Å². The normalized spacial score (nSPS) is 11.8. The molecule has 0 unspecified atom stereocenters. The van der Waals surface area contributed by atoms with Gasteiger partial charge in [0.05, 0.1) is 15.8 Å². The fourth-order valence-corrected chi connectivity index (χ4v) is 4.17. The average Bonchev–Trinajstić information content (AvgIpc) is 2.85. The lowest BCUT2D eigenvalue weighted by atomic mass is 10.3. The quantitative estimate of drug-likeness (QED) is 0.803. The number of hydrogen-bond acceptors (Lipinski definition) is 4. The molecular formula is C14H16ClNO3S2. The first-order chi connectivity index (χ1) is 9.93. The van der Waals surface area contributed by atoms with Crippen molar-refractivity contribution >= 4 is 33.0 Å². The first-order valence-corrected chi connectivity index (χ1v) is 9.00. The number of ether oxygens (including phenoxy) is 1. The van der Waals surface area contributed by atoms with E-state index in [1.807, 2.05) is 13.0 Å². The highest BCUT2D eigenvalue weighted by Crippen LogP contribution is 2.25. The molecule has 7 heteroatoms. The maximum Gasteiger partial charge on any atom is 0.243 e. The molecule has 21 heavy (non-hydrogen) atoms. The minimum Gasteiger partial charge on any atom is -0.494 e. The smallest absolute Gasteiger partial charge is 0.243 e. The Morgan fingerprint density at radius 1 is 1.19 bits per heavy atom. The third kappa shape index (κ3) is 3.97. The molecule has 4 nitrogen and oxygen atoms in total. The van der Waals surface area contributed by atoms with Gasteiger partial charge in [-0.2, -0.15) is 4.31 Å². The minimum atomic E-state index is -3.52. The van der Waals surface area contributed by atoms with E-state index < -0.39 is 10.0 Å². The lowest BCUT2D eigenvalue weighted by molar-refractivity contribution is 0.340. The van der Waals surface area contributed by atoms with Crippen LogP contribution in [-0.2, 0) is 16.6 Å². The van der Waals surface area contributed by atoms with E-state index in [-0.39, 0.29) is 4.90 Å². The summed E-state index contributed by atoms with van der Waals surface area (Å²) in [6.07, 6.45) is 0. The van der Waals surface area contributed by atoms with Gasteiger partial charge in [-0.3, -0.25) is 0 Å². The summed E-state index contributed by atoms with van der Waals surface area (Å²) in [6, 6.07) is 10.0. The second-order valence-corrected chi connectivity index (χ2v) is 8.22. The second kappa shape index (κ2) is 6.79. The lowest BCUT2D eigenvalue weighted by Crippen LogP contribution is -2.26. The lowest BCUT2D eigenvalue weighted by Gasteiger charge is -2.16. The summed E-state index contributed by atoms with van der Waals surface area (Å²) in [4.78, 5) is 1.15. The van der Waals surface area contributed by atoms with E-state index in [0.717, 1.165) is 4.88 Å². The van der Waals surface area contributed by atoms with Crippen molar-refractivity contribution in [3.05, 3.63) is 45.6 Å². The summed E-state index contributed by atoms with van der Waals surface area (Å²) >= 11 is 7.23. The molecule has 0 aliphatic rings. The first kappa shape index (κ1) is 16.3. The third-order valence-corrected chi connectivity index (χ3v) is 5.88. The van der Waals surface area contributed by atoms with Gasteiger partial charge in [0.2, 0.25) is 10.0 Å². The Bertz CT molecular complexity index is 695. The highest BCUT2D eigenvalue weighted by molar-refractivity contribution is 7.89. The third-order valence-electron chi connectivity index (χ3n) is 2.85. The van der Waals surface area contributed by atoms with Crippen molar-refractivity contribution in [1.82, 2.24) is 4.31 Å². The molecule has 1 aromatic carbocycles. The summed E-state index contributed by atoms with van der Waals surface area (Å²) < 4.78 is 32.2. The molecule has 0 saturated heterocycles. The maximum atomic E-state index is 12.5. The molecule has 2 rings (SSSR count). The van der Waals surface area contributed by atoms with Gasteiger partial charge in [-0.1, -0.05) is 11.6 Å².